The van der Waals surface area contributed by atoms with E-state index >= 15 is 0 Å². The number of hydrogen-bond donors (Lipinski definition) is 1. The van der Waals surface area contributed by atoms with Crippen LogP contribution in [0.25, 0.3) is 0 Å². The molecule has 1 amide bonds. The van der Waals surface area contributed by atoms with Crippen molar-refractivity contribution in [2.45, 2.75) is 31.8 Å². The van der Waals surface area contributed by atoms with Gasteiger partial charge < -0.3 is 10.2 Å². The molecule has 0 aliphatic carbocycles. The summed E-state index contributed by atoms with van der Waals surface area (Å²) < 4.78 is 0. The molecular weight excluding hydrogens is 334 g/mol. The minimum absolute atomic E-state index is 0.228. The van der Waals surface area contributed by atoms with Gasteiger partial charge in [0, 0.05) is 25.7 Å². The molecule has 27 heavy (non-hydrogen) atoms. The number of benzene rings is 2. The van der Waals surface area contributed by atoms with E-state index in [-0.39, 0.29) is 5.91 Å². The SMILES string of the molecule is CNC1CCCN(CC(=O)N(CCc2ccccc2)Cc2ccccc2)C1. The highest BCUT2D eigenvalue weighted by molar-refractivity contribution is 5.78. The molecule has 1 unspecified atom stereocenters. The highest BCUT2D eigenvalue weighted by Gasteiger charge is 2.23. The topological polar surface area (TPSA) is 35.6 Å². The summed E-state index contributed by atoms with van der Waals surface area (Å²) in [5, 5.41) is 3.36. The van der Waals surface area contributed by atoms with Crippen molar-refractivity contribution >= 4 is 5.91 Å². The van der Waals surface area contributed by atoms with Gasteiger partial charge in [-0.25, -0.2) is 0 Å². The number of nitrogens with zero attached hydrogens (tertiary/aromatic N) is 2. The van der Waals surface area contributed by atoms with Crippen LogP contribution in [-0.2, 0) is 17.8 Å². The molecule has 0 aromatic heterocycles. The molecule has 1 saturated heterocycles. The summed E-state index contributed by atoms with van der Waals surface area (Å²) in [4.78, 5) is 17.4. The maximum Gasteiger partial charge on any atom is 0.237 e. The Morgan fingerprint density at radius 1 is 1.07 bits per heavy atom. The molecular formula is C23H31N3O. The lowest BCUT2D eigenvalue weighted by Gasteiger charge is -2.33. The van der Waals surface area contributed by atoms with E-state index in [2.05, 4.69) is 46.6 Å². The van der Waals surface area contributed by atoms with E-state index in [1.807, 2.05) is 36.2 Å². The monoisotopic (exact) mass is 365 g/mol. The van der Waals surface area contributed by atoms with Gasteiger partial charge in [-0.15, -0.1) is 0 Å². The van der Waals surface area contributed by atoms with E-state index in [9.17, 15) is 4.79 Å². The standard InChI is InChI=1S/C23H31N3O/c1-24-22-13-8-15-25(18-22)19-23(27)26(17-21-11-6-3-7-12-21)16-14-20-9-4-2-5-10-20/h2-7,9-12,22,24H,8,13-19H2,1H3. The van der Waals surface area contributed by atoms with Crippen molar-refractivity contribution in [3.63, 3.8) is 0 Å². The van der Waals surface area contributed by atoms with Crippen LogP contribution in [0.1, 0.15) is 24.0 Å². The van der Waals surface area contributed by atoms with Crippen molar-refractivity contribution in [3.8, 4) is 0 Å². The van der Waals surface area contributed by atoms with E-state index < -0.39 is 0 Å². The Morgan fingerprint density at radius 2 is 1.74 bits per heavy atom. The summed E-state index contributed by atoms with van der Waals surface area (Å²) in [6.07, 6.45) is 3.24. The lowest BCUT2D eigenvalue weighted by atomic mass is 10.1. The second kappa shape index (κ2) is 10.2. The molecule has 4 nitrogen and oxygen atoms in total. The first kappa shape index (κ1) is 19.6. The quantitative estimate of drug-likeness (QED) is 0.781. The van der Waals surface area contributed by atoms with Gasteiger partial charge in [0.1, 0.15) is 0 Å². The fourth-order valence-electron chi connectivity index (χ4n) is 3.73. The zero-order valence-electron chi connectivity index (χ0n) is 16.3. The Hall–Kier alpha value is -2.17. The third-order valence-electron chi connectivity index (χ3n) is 5.35. The van der Waals surface area contributed by atoms with Crippen molar-refractivity contribution in [1.29, 1.82) is 0 Å². The van der Waals surface area contributed by atoms with Crippen molar-refractivity contribution < 1.29 is 4.79 Å². The minimum atomic E-state index is 0.228. The van der Waals surface area contributed by atoms with Gasteiger partial charge in [0.2, 0.25) is 5.91 Å². The van der Waals surface area contributed by atoms with Crippen LogP contribution in [0.4, 0.5) is 0 Å². The predicted molar refractivity (Wildman–Crippen MR) is 111 cm³/mol. The highest BCUT2D eigenvalue weighted by Crippen LogP contribution is 2.12. The number of piperidine rings is 1. The molecule has 0 radical (unpaired) electrons. The molecule has 3 rings (SSSR count). The number of nitrogens with one attached hydrogen (secondary N) is 1. The Bertz CT molecular complexity index is 689. The lowest BCUT2D eigenvalue weighted by molar-refractivity contribution is -0.133. The van der Waals surface area contributed by atoms with E-state index in [1.54, 1.807) is 0 Å². The van der Waals surface area contributed by atoms with Gasteiger partial charge in [0.15, 0.2) is 0 Å². The molecule has 1 fully saturated rings. The molecule has 1 N–H and O–H groups in total. The van der Waals surface area contributed by atoms with Crippen LogP contribution in [0.5, 0.6) is 0 Å². The maximum absolute atomic E-state index is 13.1. The molecule has 4 heteroatoms. The van der Waals surface area contributed by atoms with Gasteiger partial charge >= 0.3 is 0 Å². The number of carbonyl (C=O) groups is 1. The van der Waals surface area contributed by atoms with Crippen LogP contribution in [0.3, 0.4) is 0 Å². The Labute approximate surface area is 163 Å². The van der Waals surface area contributed by atoms with Crippen LogP contribution in [-0.4, -0.2) is 55.0 Å². The van der Waals surface area contributed by atoms with Gasteiger partial charge in [-0.05, 0) is 44.0 Å². The average Bonchev–Trinajstić information content (AvgIpc) is 2.72. The van der Waals surface area contributed by atoms with Crippen molar-refractivity contribution in [2.75, 3.05) is 33.2 Å². The zero-order valence-corrected chi connectivity index (χ0v) is 16.3. The fraction of sp³-hybridized carbons (Fsp3) is 0.435. The molecule has 1 aliphatic heterocycles. The van der Waals surface area contributed by atoms with Crippen LogP contribution < -0.4 is 5.32 Å². The number of hydrogen-bond acceptors (Lipinski definition) is 3. The summed E-state index contributed by atoms with van der Waals surface area (Å²) in [6, 6.07) is 21.2. The zero-order chi connectivity index (χ0) is 18.9. The van der Waals surface area contributed by atoms with Crippen molar-refractivity contribution in [2.24, 2.45) is 0 Å². The first-order valence-corrected chi connectivity index (χ1v) is 10.00. The molecule has 2 aromatic rings. The average molecular weight is 366 g/mol. The third-order valence-corrected chi connectivity index (χ3v) is 5.35. The summed E-state index contributed by atoms with van der Waals surface area (Å²) >= 11 is 0. The van der Waals surface area contributed by atoms with Crippen molar-refractivity contribution in [1.82, 2.24) is 15.1 Å². The highest BCUT2D eigenvalue weighted by atomic mass is 16.2. The lowest BCUT2D eigenvalue weighted by Crippen LogP contribution is -2.48. The number of carbonyl (C=O) groups excluding carboxylic acids is 1. The normalized spacial score (nSPS) is 17.6. The summed E-state index contributed by atoms with van der Waals surface area (Å²) in [5.74, 6) is 0.228. The number of likely N-dealkylation sites (tertiary alicyclic amines) is 1. The van der Waals surface area contributed by atoms with E-state index in [4.69, 9.17) is 0 Å². The molecule has 1 heterocycles. The Balaban J connectivity index is 1.63. The Kier molecular flexibility index (Phi) is 7.43. The van der Waals surface area contributed by atoms with Gasteiger partial charge in [-0.2, -0.15) is 0 Å². The van der Waals surface area contributed by atoms with Gasteiger partial charge in [0.05, 0.1) is 6.54 Å². The molecule has 0 bridgehead atoms. The first-order chi connectivity index (χ1) is 13.2. The molecule has 144 valence electrons. The fourth-order valence-corrected chi connectivity index (χ4v) is 3.73. The molecule has 0 saturated carbocycles. The van der Waals surface area contributed by atoms with E-state index in [0.29, 0.717) is 19.1 Å². The van der Waals surface area contributed by atoms with Crippen LogP contribution in [0.2, 0.25) is 0 Å². The summed E-state index contributed by atoms with van der Waals surface area (Å²) in [7, 11) is 2.01. The largest absolute Gasteiger partial charge is 0.337 e. The molecule has 1 aliphatic rings. The van der Waals surface area contributed by atoms with Crippen LogP contribution in [0.15, 0.2) is 60.7 Å². The van der Waals surface area contributed by atoms with Gasteiger partial charge in [-0.3, -0.25) is 9.69 Å². The van der Waals surface area contributed by atoms with Gasteiger partial charge in [0.25, 0.3) is 0 Å². The van der Waals surface area contributed by atoms with Crippen LogP contribution in [0, 0.1) is 0 Å². The van der Waals surface area contributed by atoms with Crippen molar-refractivity contribution in [3.05, 3.63) is 71.8 Å². The maximum atomic E-state index is 13.1. The Morgan fingerprint density at radius 3 is 2.41 bits per heavy atom. The van der Waals surface area contributed by atoms with E-state index in [0.717, 1.165) is 32.5 Å². The number of likely N-dealkylation sites (N-methyl/N-ethyl adjacent to an activating group) is 1. The molecule has 0 spiro atoms. The number of amides is 1. The minimum Gasteiger partial charge on any atom is -0.337 e. The second-order valence-electron chi connectivity index (χ2n) is 7.40. The van der Waals surface area contributed by atoms with Gasteiger partial charge in [-0.1, -0.05) is 60.7 Å². The second-order valence-corrected chi connectivity index (χ2v) is 7.40. The summed E-state index contributed by atoms with van der Waals surface area (Å²) in [5.41, 5.74) is 2.46. The van der Waals surface area contributed by atoms with E-state index in [1.165, 1.54) is 17.5 Å². The molecule has 2 aromatic carbocycles. The smallest absolute Gasteiger partial charge is 0.237 e. The van der Waals surface area contributed by atoms with Crippen LogP contribution >= 0.6 is 0 Å². The third kappa shape index (κ3) is 6.19. The summed E-state index contributed by atoms with van der Waals surface area (Å²) in [6.45, 7) is 3.92. The predicted octanol–water partition coefficient (Wildman–Crippen LogP) is 2.94. The molecule has 1 atom stereocenters. The first-order valence-electron chi connectivity index (χ1n) is 10.00. The number of rotatable bonds is 8.